The summed E-state index contributed by atoms with van der Waals surface area (Å²) in [4.78, 5) is 0.259. The zero-order valence-electron chi connectivity index (χ0n) is 42.6. The molecule has 0 saturated carbocycles. The predicted molar refractivity (Wildman–Crippen MR) is 289 cm³/mol. The second-order valence-electron chi connectivity index (χ2n) is 21.6. The van der Waals surface area contributed by atoms with Crippen LogP contribution >= 0.6 is 0 Å². The first-order chi connectivity index (χ1) is 31.6. The molecule has 7 nitrogen and oxygen atoms in total. The number of hydrogen-bond acceptors (Lipinski definition) is 5. The Kier molecular flexibility index (Phi) is 19.0. The molecule has 0 aromatic heterocycles. The van der Waals surface area contributed by atoms with Crippen molar-refractivity contribution in [2.75, 3.05) is 13.2 Å². The monoisotopic (exact) mass is 981 g/mol. The van der Waals surface area contributed by atoms with Gasteiger partial charge in [-0.2, -0.15) is 4.31 Å². The third-order valence-electron chi connectivity index (χ3n) is 13.1. The maximum atomic E-state index is 15.4. The van der Waals surface area contributed by atoms with Crippen molar-refractivity contribution in [3.63, 3.8) is 0 Å². The van der Waals surface area contributed by atoms with Crippen LogP contribution in [0.4, 0.5) is 0 Å². The van der Waals surface area contributed by atoms with Crippen LogP contribution in [0.3, 0.4) is 0 Å². The molecule has 0 aliphatic heterocycles. The quantitative estimate of drug-likeness (QED) is 0.0659. The Hall–Kier alpha value is -3.53. The molecule has 11 heteroatoms. The second kappa shape index (κ2) is 23.4. The fourth-order valence-electron chi connectivity index (χ4n) is 9.30. The summed E-state index contributed by atoms with van der Waals surface area (Å²) in [5.74, 6) is 0.276. The molecular weight excluding hydrogens is 901 g/mol. The number of nitrogens with one attached hydrogen (secondary N) is 1. The van der Waals surface area contributed by atoms with Gasteiger partial charge in [-0.05, 0) is 101 Å². The molecule has 0 heterocycles. The Balaban J connectivity index is 1.54. The van der Waals surface area contributed by atoms with Gasteiger partial charge in [0.2, 0.25) is 10.0 Å². The highest BCUT2D eigenvalue weighted by atomic mass is 32.2. The van der Waals surface area contributed by atoms with Gasteiger partial charge in [0.1, 0.15) is 0 Å². The average Bonchev–Trinajstić information content (AvgIpc) is 3.29. The average molecular weight is 982 g/mol. The normalized spacial score (nSPS) is 14.6. The Bertz CT molecular complexity index is 2300. The van der Waals surface area contributed by atoms with Crippen LogP contribution in [0.25, 0.3) is 0 Å². The number of sulfonamides is 1. The second-order valence-corrected chi connectivity index (χ2v) is 34.1. The minimum absolute atomic E-state index is 0.0256. The van der Waals surface area contributed by atoms with E-state index in [1.54, 1.807) is 16.4 Å². The van der Waals surface area contributed by atoms with Crippen LogP contribution in [0, 0.1) is 5.92 Å². The Morgan fingerprint density at radius 2 is 1.01 bits per heavy atom. The summed E-state index contributed by atoms with van der Waals surface area (Å²) in [5.41, 5.74) is 0.915. The molecule has 0 amide bonds. The first-order valence-corrected chi connectivity index (χ1v) is 30.8. The third-order valence-corrected chi connectivity index (χ3v) is 26.7. The summed E-state index contributed by atoms with van der Waals surface area (Å²) in [7, 11) is -11.1. The minimum atomic E-state index is -4.02. The van der Waals surface area contributed by atoms with E-state index in [0.717, 1.165) is 35.2 Å². The van der Waals surface area contributed by atoms with Crippen LogP contribution in [0.2, 0.25) is 10.1 Å². The maximum Gasteiger partial charge on any atom is 0.261 e. The molecule has 67 heavy (non-hydrogen) atoms. The fourth-order valence-corrected chi connectivity index (χ4v) is 21.0. The van der Waals surface area contributed by atoms with Crippen LogP contribution in [-0.2, 0) is 36.5 Å². The molecular formula is C56H80N2O5S2Si2. The summed E-state index contributed by atoms with van der Waals surface area (Å²) < 4.78 is 63.6. The van der Waals surface area contributed by atoms with Crippen molar-refractivity contribution >= 4 is 58.4 Å². The molecule has 364 valence electrons. The molecule has 0 radical (unpaired) electrons. The van der Waals surface area contributed by atoms with E-state index in [-0.39, 0.29) is 33.5 Å². The number of benzene rings is 5. The minimum Gasteiger partial charge on any atom is -0.406 e. The molecule has 1 unspecified atom stereocenters. The number of nitrogens with zero attached hydrogens (tertiary/aromatic N) is 1. The lowest BCUT2D eigenvalue weighted by atomic mass is 10.0. The molecule has 5 rings (SSSR count). The van der Waals surface area contributed by atoms with Crippen molar-refractivity contribution in [2.45, 2.75) is 154 Å². The Labute approximate surface area is 410 Å². The van der Waals surface area contributed by atoms with E-state index in [1.807, 2.05) is 57.2 Å². The lowest BCUT2D eigenvalue weighted by Crippen LogP contribution is -2.67. The maximum absolute atomic E-state index is 15.4. The van der Waals surface area contributed by atoms with E-state index >= 15 is 8.42 Å². The van der Waals surface area contributed by atoms with E-state index in [0.29, 0.717) is 26.0 Å². The van der Waals surface area contributed by atoms with Crippen molar-refractivity contribution in [3.8, 4) is 0 Å². The molecule has 5 aromatic carbocycles. The van der Waals surface area contributed by atoms with Gasteiger partial charge in [0.25, 0.3) is 16.6 Å². The highest BCUT2D eigenvalue weighted by Crippen LogP contribution is 2.39. The van der Waals surface area contributed by atoms with Crippen molar-refractivity contribution < 1.29 is 21.5 Å². The fraction of sp³-hybridized carbons (Fsp3) is 0.464. The molecule has 0 aliphatic carbocycles. The van der Waals surface area contributed by atoms with Gasteiger partial charge in [0.05, 0.1) is 33.8 Å². The van der Waals surface area contributed by atoms with Crippen LogP contribution in [0.1, 0.15) is 121 Å². The van der Waals surface area contributed by atoms with Crippen molar-refractivity contribution in [2.24, 2.45) is 5.92 Å². The summed E-state index contributed by atoms with van der Waals surface area (Å²) in [6.07, 6.45) is 3.58. The molecule has 0 saturated heterocycles. The van der Waals surface area contributed by atoms with Crippen molar-refractivity contribution in [3.05, 3.63) is 151 Å². The summed E-state index contributed by atoms with van der Waals surface area (Å²) in [5, 5.41) is 4.22. The van der Waals surface area contributed by atoms with E-state index < -0.39 is 48.4 Å². The van der Waals surface area contributed by atoms with Crippen LogP contribution in [-0.4, -0.2) is 63.5 Å². The van der Waals surface area contributed by atoms with Gasteiger partial charge in [0.15, 0.2) is 0 Å². The lowest BCUT2D eigenvalue weighted by Gasteiger charge is -2.44. The summed E-state index contributed by atoms with van der Waals surface area (Å²) in [6.45, 7) is 26.8. The van der Waals surface area contributed by atoms with Crippen LogP contribution in [0.15, 0.2) is 150 Å². The van der Waals surface area contributed by atoms with Gasteiger partial charge in [-0.25, -0.2) is 17.3 Å². The molecule has 0 spiro atoms. The first-order valence-electron chi connectivity index (χ1n) is 24.4. The predicted octanol–water partition coefficient (Wildman–Crippen LogP) is 10.7. The molecule has 5 aromatic rings. The van der Waals surface area contributed by atoms with Crippen molar-refractivity contribution in [1.29, 1.82) is 0 Å². The largest absolute Gasteiger partial charge is 0.406 e. The van der Waals surface area contributed by atoms with E-state index in [4.69, 9.17) is 8.85 Å². The van der Waals surface area contributed by atoms with Gasteiger partial charge < -0.3 is 8.85 Å². The van der Waals surface area contributed by atoms with Gasteiger partial charge in [-0.3, -0.25) is 0 Å². The zero-order chi connectivity index (χ0) is 49.1. The van der Waals surface area contributed by atoms with Gasteiger partial charge in [-0.1, -0.05) is 202 Å². The molecule has 3 atom stereocenters. The Morgan fingerprint density at radius 3 is 1.39 bits per heavy atom. The highest BCUT2D eigenvalue weighted by molar-refractivity contribution is 7.89. The molecule has 0 fully saturated rings. The SMILES string of the molecule is CC[C@@H](CCC[C@@H](CO[Si](c1ccccc1)(c1ccccc1)C(C)(C)C)N(CCC(C)C)S(=O)(=O)c1ccc(CO[Si](c2ccccc2)(c2ccccc2)C(C)(C)C)cc1)NS(=O)C(C)(C)C. The highest BCUT2D eigenvalue weighted by Gasteiger charge is 2.52. The van der Waals surface area contributed by atoms with E-state index in [1.165, 1.54) is 10.4 Å². The number of rotatable bonds is 23. The van der Waals surface area contributed by atoms with E-state index in [9.17, 15) is 4.21 Å². The van der Waals surface area contributed by atoms with Crippen LogP contribution < -0.4 is 25.5 Å². The topological polar surface area (TPSA) is 84.9 Å². The summed E-state index contributed by atoms with van der Waals surface area (Å²) >= 11 is 0. The zero-order valence-corrected chi connectivity index (χ0v) is 46.2. The van der Waals surface area contributed by atoms with Gasteiger partial charge in [0, 0.05) is 18.6 Å². The van der Waals surface area contributed by atoms with E-state index in [2.05, 4.69) is 164 Å². The summed E-state index contributed by atoms with van der Waals surface area (Å²) in [6, 6.07) is 49.2. The molecule has 1 N–H and O–H groups in total. The van der Waals surface area contributed by atoms with Gasteiger partial charge >= 0.3 is 0 Å². The lowest BCUT2D eigenvalue weighted by molar-refractivity contribution is 0.179. The first kappa shape index (κ1) is 54.4. The Morgan fingerprint density at radius 1 is 0.597 bits per heavy atom. The smallest absolute Gasteiger partial charge is 0.261 e. The van der Waals surface area contributed by atoms with Crippen LogP contribution in [0.5, 0.6) is 0 Å². The standard InChI is InChI=1S/C56H80N2O5S2Si2/c1-13-47(57-64(59)54(4,5)6)27-26-28-48(44-63-67(56(10,11)12,52-33-22-16-23-34-52)53-35-24-17-25-36-53)58(42-41-45(2)3)65(60,61)49-39-37-46(38-40-49)43-62-66(55(7,8)9,50-29-18-14-19-30-50)51-31-20-15-21-32-51/h14-25,29-40,45,47-48,57H,13,26-28,41-44H2,1-12H3/t47-,48-,64?/m0/s1. The molecule has 0 bridgehead atoms. The van der Waals surface area contributed by atoms with Crippen molar-refractivity contribution in [1.82, 2.24) is 9.03 Å². The molecule has 0 aliphatic rings. The third kappa shape index (κ3) is 13.2. The van der Waals surface area contributed by atoms with Gasteiger partial charge in [-0.15, -0.1) is 0 Å². The number of hydrogen-bond donors (Lipinski definition) is 1.